The van der Waals surface area contributed by atoms with Crippen molar-refractivity contribution in [1.29, 1.82) is 0 Å². The Kier molecular flexibility index (Phi) is 6.01. The van der Waals surface area contributed by atoms with Crippen LogP contribution in [0.2, 0.25) is 5.02 Å². The number of nitro groups is 1. The van der Waals surface area contributed by atoms with Crippen molar-refractivity contribution in [1.82, 2.24) is 0 Å². The number of para-hydroxylation sites is 1. The molecule has 0 radical (unpaired) electrons. The molecule has 0 fully saturated rings. The van der Waals surface area contributed by atoms with Crippen molar-refractivity contribution in [3.05, 3.63) is 69.2 Å². The summed E-state index contributed by atoms with van der Waals surface area (Å²) in [5.41, 5.74) is 0.636. The van der Waals surface area contributed by atoms with E-state index < -0.39 is 16.1 Å². The van der Waals surface area contributed by atoms with Crippen LogP contribution >= 0.6 is 23.4 Å². The second-order valence-corrected chi connectivity index (χ2v) is 6.11. The molecule has 0 aliphatic carbocycles. The van der Waals surface area contributed by atoms with Crippen LogP contribution in [0, 0.1) is 10.1 Å². The van der Waals surface area contributed by atoms with Crippen LogP contribution in [-0.4, -0.2) is 17.5 Å². The Morgan fingerprint density at radius 2 is 1.91 bits per heavy atom. The summed E-state index contributed by atoms with van der Waals surface area (Å²) in [6.45, 7) is 1.95. The zero-order valence-electron chi connectivity index (χ0n) is 12.3. The maximum absolute atomic E-state index is 12.3. The van der Waals surface area contributed by atoms with E-state index in [2.05, 4.69) is 0 Å². The highest BCUT2D eigenvalue weighted by Gasteiger charge is 2.26. The number of nitrogens with zero attached hydrogens (tertiary/aromatic N) is 1. The number of nitro benzene ring substituents is 1. The van der Waals surface area contributed by atoms with Crippen molar-refractivity contribution in [3.63, 3.8) is 0 Å². The maximum Gasteiger partial charge on any atom is 0.323 e. The number of esters is 1. The lowest BCUT2D eigenvalue weighted by Crippen LogP contribution is -2.13. The number of thioether (sulfide) groups is 1. The van der Waals surface area contributed by atoms with Gasteiger partial charge in [-0.25, -0.2) is 0 Å². The summed E-state index contributed by atoms with van der Waals surface area (Å²) in [6, 6.07) is 13.1. The minimum absolute atomic E-state index is 0.0410. The molecule has 7 heteroatoms. The number of benzene rings is 2. The van der Waals surface area contributed by atoms with E-state index in [0.717, 1.165) is 11.8 Å². The fourth-order valence-corrected chi connectivity index (χ4v) is 3.20. The van der Waals surface area contributed by atoms with Crippen molar-refractivity contribution in [3.8, 4) is 0 Å². The van der Waals surface area contributed by atoms with E-state index >= 15 is 0 Å². The van der Waals surface area contributed by atoms with Crippen molar-refractivity contribution >= 4 is 35.0 Å². The van der Waals surface area contributed by atoms with E-state index in [4.69, 9.17) is 16.3 Å². The van der Waals surface area contributed by atoms with Gasteiger partial charge in [0.15, 0.2) is 0 Å². The Balaban J connectivity index is 2.37. The van der Waals surface area contributed by atoms with Crippen LogP contribution in [0.25, 0.3) is 0 Å². The van der Waals surface area contributed by atoms with Gasteiger partial charge in [0.1, 0.15) is 5.25 Å². The molecule has 2 aromatic rings. The Hall–Kier alpha value is -2.05. The topological polar surface area (TPSA) is 69.4 Å². The minimum atomic E-state index is -0.701. The molecule has 5 nitrogen and oxygen atoms in total. The van der Waals surface area contributed by atoms with E-state index in [1.807, 2.05) is 0 Å². The van der Waals surface area contributed by atoms with Crippen molar-refractivity contribution in [2.24, 2.45) is 0 Å². The van der Waals surface area contributed by atoms with Crippen LogP contribution in [0.4, 0.5) is 5.69 Å². The minimum Gasteiger partial charge on any atom is -0.465 e. The summed E-state index contributed by atoms with van der Waals surface area (Å²) in [5.74, 6) is -0.446. The Bertz CT molecular complexity index is 705. The molecule has 0 saturated carbocycles. The van der Waals surface area contributed by atoms with Crippen LogP contribution in [-0.2, 0) is 9.53 Å². The number of halogens is 1. The van der Waals surface area contributed by atoms with Crippen molar-refractivity contribution in [2.45, 2.75) is 17.1 Å². The largest absolute Gasteiger partial charge is 0.465 e. The summed E-state index contributed by atoms with van der Waals surface area (Å²) in [4.78, 5) is 23.3. The molecule has 0 aliphatic rings. The third-order valence-electron chi connectivity index (χ3n) is 2.98. The zero-order valence-corrected chi connectivity index (χ0v) is 13.8. The van der Waals surface area contributed by atoms with Gasteiger partial charge in [-0.1, -0.05) is 47.6 Å². The molecule has 0 saturated heterocycles. The fraction of sp³-hybridized carbons (Fsp3) is 0.188. The first-order valence-corrected chi connectivity index (χ1v) is 8.11. The summed E-state index contributed by atoms with van der Waals surface area (Å²) in [7, 11) is 0. The third kappa shape index (κ3) is 4.46. The third-order valence-corrected chi connectivity index (χ3v) is 4.53. The van der Waals surface area contributed by atoms with E-state index in [0.29, 0.717) is 15.5 Å². The molecular weight excluding hydrogens is 338 g/mol. The monoisotopic (exact) mass is 351 g/mol. The first-order valence-electron chi connectivity index (χ1n) is 6.85. The molecule has 0 aromatic heterocycles. The fourth-order valence-electron chi connectivity index (χ4n) is 1.94. The number of hydrogen-bond donors (Lipinski definition) is 0. The molecule has 2 aromatic carbocycles. The molecule has 1 unspecified atom stereocenters. The predicted molar refractivity (Wildman–Crippen MR) is 89.8 cm³/mol. The average molecular weight is 352 g/mol. The quantitative estimate of drug-likeness (QED) is 0.328. The first-order chi connectivity index (χ1) is 11.0. The molecule has 0 heterocycles. The second-order valence-electron chi connectivity index (χ2n) is 4.53. The molecule has 0 aliphatic heterocycles. The van der Waals surface area contributed by atoms with Crippen molar-refractivity contribution in [2.75, 3.05) is 6.61 Å². The smallest absolute Gasteiger partial charge is 0.323 e. The highest BCUT2D eigenvalue weighted by Crippen LogP contribution is 2.40. The predicted octanol–water partition coefficient (Wildman–Crippen LogP) is 4.64. The van der Waals surface area contributed by atoms with E-state index in [1.54, 1.807) is 49.4 Å². The van der Waals surface area contributed by atoms with Gasteiger partial charge in [0, 0.05) is 11.1 Å². The lowest BCUT2D eigenvalue weighted by Gasteiger charge is -2.15. The zero-order chi connectivity index (χ0) is 16.8. The van der Waals surface area contributed by atoms with Gasteiger partial charge < -0.3 is 4.74 Å². The lowest BCUT2D eigenvalue weighted by molar-refractivity contribution is -0.387. The van der Waals surface area contributed by atoms with Gasteiger partial charge >= 0.3 is 5.97 Å². The highest BCUT2D eigenvalue weighted by molar-refractivity contribution is 8.00. The average Bonchev–Trinajstić information content (AvgIpc) is 2.54. The van der Waals surface area contributed by atoms with Gasteiger partial charge in [0.25, 0.3) is 5.69 Å². The van der Waals surface area contributed by atoms with Gasteiger partial charge in [-0.3, -0.25) is 14.9 Å². The lowest BCUT2D eigenvalue weighted by atomic mass is 10.1. The Labute approximate surface area is 142 Å². The van der Waals surface area contributed by atoms with Crippen LogP contribution in [0.3, 0.4) is 0 Å². The molecule has 0 N–H and O–H groups in total. The van der Waals surface area contributed by atoms with Gasteiger partial charge in [-0.05, 0) is 30.7 Å². The Morgan fingerprint density at radius 1 is 1.26 bits per heavy atom. The van der Waals surface area contributed by atoms with E-state index in [9.17, 15) is 14.9 Å². The van der Waals surface area contributed by atoms with Crippen molar-refractivity contribution < 1.29 is 14.5 Å². The molecule has 120 valence electrons. The normalized spacial score (nSPS) is 11.7. The second kappa shape index (κ2) is 7.99. The van der Waals surface area contributed by atoms with Crippen LogP contribution in [0.15, 0.2) is 53.4 Å². The standard InChI is InChI=1S/C16H14ClNO4S/c1-2-22-16(19)15(11-7-9-12(17)10-8-11)23-14-6-4-3-5-13(14)18(20)21/h3-10,15H,2H2,1H3. The SMILES string of the molecule is CCOC(=O)C(Sc1ccccc1[N+](=O)[O-])c1ccc(Cl)cc1. The van der Waals surface area contributed by atoms with E-state index in [1.165, 1.54) is 6.07 Å². The molecule has 0 amide bonds. The number of ether oxygens (including phenoxy) is 1. The van der Waals surface area contributed by atoms with Crippen LogP contribution in [0.1, 0.15) is 17.7 Å². The molecule has 2 rings (SSSR count). The summed E-state index contributed by atoms with van der Waals surface area (Å²) in [5, 5.41) is 11.0. The van der Waals surface area contributed by atoms with Crippen LogP contribution < -0.4 is 0 Å². The molecular formula is C16H14ClNO4S. The van der Waals surface area contributed by atoms with Gasteiger partial charge in [0.2, 0.25) is 0 Å². The number of rotatable bonds is 6. The number of carbonyl (C=O) groups is 1. The number of hydrogen-bond acceptors (Lipinski definition) is 5. The summed E-state index contributed by atoms with van der Waals surface area (Å²) < 4.78 is 5.10. The maximum atomic E-state index is 12.3. The number of carbonyl (C=O) groups excluding carboxylic acids is 1. The Morgan fingerprint density at radius 3 is 2.52 bits per heavy atom. The highest BCUT2D eigenvalue weighted by atomic mass is 35.5. The molecule has 0 spiro atoms. The molecule has 1 atom stereocenters. The van der Waals surface area contributed by atoms with Gasteiger partial charge in [-0.15, -0.1) is 0 Å². The summed E-state index contributed by atoms with van der Waals surface area (Å²) in [6.07, 6.45) is 0. The first kappa shape index (κ1) is 17.3. The summed E-state index contributed by atoms with van der Waals surface area (Å²) >= 11 is 6.96. The molecule has 0 bridgehead atoms. The van der Waals surface area contributed by atoms with Crippen LogP contribution in [0.5, 0.6) is 0 Å². The molecule has 23 heavy (non-hydrogen) atoms. The van der Waals surface area contributed by atoms with Gasteiger partial charge in [0.05, 0.1) is 16.4 Å². The van der Waals surface area contributed by atoms with E-state index in [-0.39, 0.29) is 12.3 Å². The van der Waals surface area contributed by atoms with Gasteiger partial charge in [-0.2, -0.15) is 0 Å².